The molecule has 0 aromatic heterocycles. The first kappa shape index (κ1) is 22.6. The lowest BCUT2D eigenvalue weighted by atomic mass is 9.89. The van der Waals surface area contributed by atoms with Gasteiger partial charge >= 0.3 is 5.97 Å². The lowest BCUT2D eigenvalue weighted by Crippen LogP contribution is -2.44. The summed E-state index contributed by atoms with van der Waals surface area (Å²) < 4.78 is 28.8. The maximum absolute atomic E-state index is 13.2. The first-order chi connectivity index (χ1) is 11.8. The summed E-state index contributed by atoms with van der Waals surface area (Å²) in [6, 6.07) is 2.73. The molecule has 0 spiro atoms. The van der Waals surface area contributed by atoms with Crippen molar-refractivity contribution in [2.45, 2.75) is 84.1 Å². The van der Waals surface area contributed by atoms with Crippen LogP contribution in [-0.4, -0.2) is 25.5 Å². The van der Waals surface area contributed by atoms with Crippen molar-refractivity contribution in [3.05, 3.63) is 28.8 Å². The molecular weight excluding hydrogens is 350 g/mol. The predicted octanol–water partition coefficient (Wildman–Crippen LogP) is 4.44. The normalized spacial score (nSPS) is 13.8. The van der Waals surface area contributed by atoms with Gasteiger partial charge in [0.15, 0.2) is 0 Å². The molecule has 148 valence electrons. The quantitative estimate of drug-likeness (QED) is 0.695. The van der Waals surface area contributed by atoms with E-state index in [1.165, 1.54) is 0 Å². The second kappa shape index (κ2) is 8.53. The van der Waals surface area contributed by atoms with Crippen LogP contribution in [0.15, 0.2) is 17.0 Å². The summed E-state index contributed by atoms with van der Waals surface area (Å²) in [7, 11) is -3.97. The van der Waals surface area contributed by atoms with Crippen LogP contribution in [0.3, 0.4) is 0 Å². The molecule has 0 aliphatic rings. The van der Waals surface area contributed by atoms with Crippen LogP contribution < -0.4 is 4.72 Å². The highest BCUT2D eigenvalue weighted by atomic mass is 32.2. The van der Waals surface area contributed by atoms with E-state index in [1.54, 1.807) is 13.8 Å². The molecular formula is C20H33NO4S. The molecule has 1 aromatic rings. The van der Waals surface area contributed by atoms with Gasteiger partial charge in [0.2, 0.25) is 10.0 Å². The molecule has 1 rings (SSSR count). The minimum atomic E-state index is -3.97. The number of carbonyl (C=O) groups is 1. The van der Waals surface area contributed by atoms with E-state index in [9.17, 15) is 18.3 Å². The molecule has 0 saturated carbocycles. The number of sulfonamides is 1. The van der Waals surface area contributed by atoms with Gasteiger partial charge < -0.3 is 5.11 Å². The Morgan fingerprint density at radius 3 is 1.58 bits per heavy atom. The van der Waals surface area contributed by atoms with Crippen molar-refractivity contribution in [2.24, 2.45) is 5.92 Å². The van der Waals surface area contributed by atoms with Gasteiger partial charge in [0.05, 0.1) is 4.90 Å². The van der Waals surface area contributed by atoms with Crippen LogP contribution in [0, 0.1) is 5.92 Å². The Kier molecular flexibility index (Phi) is 7.42. The lowest BCUT2D eigenvalue weighted by Gasteiger charge is -2.25. The van der Waals surface area contributed by atoms with Gasteiger partial charge in [-0.15, -0.1) is 0 Å². The Morgan fingerprint density at radius 1 is 0.885 bits per heavy atom. The Morgan fingerprint density at radius 2 is 1.31 bits per heavy atom. The first-order valence-corrected chi connectivity index (χ1v) is 10.7. The number of carboxylic acid groups (broad SMARTS) is 1. The summed E-state index contributed by atoms with van der Waals surface area (Å²) in [4.78, 5) is 11.7. The van der Waals surface area contributed by atoms with Gasteiger partial charge in [-0.05, 0) is 40.4 Å². The minimum Gasteiger partial charge on any atom is -0.480 e. The van der Waals surface area contributed by atoms with Crippen LogP contribution in [-0.2, 0) is 14.8 Å². The van der Waals surface area contributed by atoms with Crippen molar-refractivity contribution in [3.8, 4) is 0 Å². The third-order valence-corrected chi connectivity index (χ3v) is 6.14. The van der Waals surface area contributed by atoms with Gasteiger partial charge in [-0.2, -0.15) is 4.72 Å². The topological polar surface area (TPSA) is 83.5 Å². The van der Waals surface area contributed by atoms with E-state index < -0.39 is 22.0 Å². The summed E-state index contributed by atoms with van der Waals surface area (Å²) in [5.74, 6) is -1.25. The summed E-state index contributed by atoms with van der Waals surface area (Å²) in [5, 5.41) is 9.40. The Balaban J connectivity index is 3.70. The maximum Gasteiger partial charge on any atom is 0.322 e. The van der Waals surface area contributed by atoms with E-state index in [0.717, 1.165) is 16.7 Å². The molecule has 1 unspecified atom stereocenters. The smallest absolute Gasteiger partial charge is 0.322 e. The molecule has 0 radical (unpaired) electrons. The maximum atomic E-state index is 13.2. The van der Waals surface area contributed by atoms with Gasteiger partial charge in [0.25, 0.3) is 0 Å². The fourth-order valence-corrected chi connectivity index (χ4v) is 4.93. The van der Waals surface area contributed by atoms with Crippen molar-refractivity contribution in [2.75, 3.05) is 0 Å². The van der Waals surface area contributed by atoms with E-state index in [4.69, 9.17) is 0 Å². The third kappa shape index (κ3) is 5.07. The third-order valence-electron chi connectivity index (χ3n) is 4.56. The molecule has 26 heavy (non-hydrogen) atoms. The zero-order valence-electron chi connectivity index (χ0n) is 17.1. The van der Waals surface area contributed by atoms with Crippen molar-refractivity contribution in [1.29, 1.82) is 0 Å². The highest BCUT2D eigenvalue weighted by Crippen LogP contribution is 2.35. The van der Waals surface area contributed by atoms with Gasteiger partial charge in [-0.25, -0.2) is 8.42 Å². The van der Waals surface area contributed by atoms with E-state index in [0.29, 0.717) is 0 Å². The predicted molar refractivity (Wildman–Crippen MR) is 105 cm³/mol. The largest absolute Gasteiger partial charge is 0.480 e. The van der Waals surface area contributed by atoms with Gasteiger partial charge in [-0.3, -0.25) is 4.79 Å². The summed E-state index contributed by atoms with van der Waals surface area (Å²) in [5.41, 5.74) is 2.57. The molecule has 0 saturated heterocycles. The molecule has 1 atom stereocenters. The van der Waals surface area contributed by atoms with Crippen molar-refractivity contribution in [1.82, 2.24) is 4.72 Å². The molecule has 1 aromatic carbocycles. The van der Waals surface area contributed by atoms with Crippen LogP contribution in [0.25, 0.3) is 0 Å². The molecule has 0 amide bonds. The number of aliphatic carboxylic acids is 1. The van der Waals surface area contributed by atoms with Crippen LogP contribution in [0.5, 0.6) is 0 Å². The fourth-order valence-electron chi connectivity index (χ4n) is 2.90. The monoisotopic (exact) mass is 383 g/mol. The Labute approximate surface area is 158 Å². The van der Waals surface area contributed by atoms with E-state index in [1.807, 2.05) is 39.8 Å². The molecule has 0 aliphatic carbocycles. The average molecular weight is 384 g/mol. The number of hydrogen-bond donors (Lipinski definition) is 2. The number of hydrogen-bond acceptors (Lipinski definition) is 3. The SMILES string of the molecule is CC(C)c1cc(C(C)C)c(S(=O)(=O)NC(C(=O)O)C(C)C)c(C(C)C)c1. The molecule has 0 bridgehead atoms. The minimum absolute atomic E-state index is 0.0000954. The Hall–Kier alpha value is -1.40. The van der Waals surface area contributed by atoms with Crippen LogP contribution in [0.2, 0.25) is 0 Å². The number of carboxylic acids is 1. The highest BCUT2D eigenvalue weighted by Gasteiger charge is 2.32. The van der Waals surface area contributed by atoms with Gasteiger partial charge in [0.1, 0.15) is 6.04 Å². The summed E-state index contributed by atoms with van der Waals surface area (Å²) in [6.45, 7) is 15.4. The molecule has 0 aliphatic heterocycles. The molecule has 6 heteroatoms. The van der Waals surface area contributed by atoms with Crippen molar-refractivity contribution >= 4 is 16.0 Å². The van der Waals surface area contributed by atoms with Gasteiger partial charge in [0, 0.05) is 0 Å². The molecule has 0 heterocycles. The second-order valence-electron chi connectivity index (χ2n) is 8.17. The average Bonchev–Trinajstić information content (AvgIpc) is 2.50. The van der Waals surface area contributed by atoms with Gasteiger partial charge in [-0.1, -0.05) is 67.5 Å². The first-order valence-electron chi connectivity index (χ1n) is 9.22. The van der Waals surface area contributed by atoms with E-state index >= 15 is 0 Å². The summed E-state index contributed by atoms with van der Waals surface area (Å²) in [6.07, 6.45) is 0. The highest BCUT2D eigenvalue weighted by molar-refractivity contribution is 7.89. The summed E-state index contributed by atoms with van der Waals surface area (Å²) >= 11 is 0. The van der Waals surface area contributed by atoms with Crippen LogP contribution in [0.1, 0.15) is 89.8 Å². The zero-order chi connectivity index (χ0) is 20.4. The number of nitrogens with one attached hydrogen (secondary N) is 1. The fraction of sp³-hybridized carbons (Fsp3) is 0.650. The second-order valence-corrected chi connectivity index (χ2v) is 9.82. The molecule has 0 fully saturated rings. The number of benzene rings is 1. The molecule has 5 nitrogen and oxygen atoms in total. The lowest BCUT2D eigenvalue weighted by molar-refractivity contribution is -0.140. The Bertz CT molecular complexity index is 720. The zero-order valence-corrected chi connectivity index (χ0v) is 17.9. The van der Waals surface area contributed by atoms with Crippen LogP contribution in [0.4, 0.5) is 0 Å². The molecule has 2 N–H and O–H groups in total. The van der Waals surface area contributed by atoms with Crippen molar-refractivity contribution in [3.63, 3.8) is 0 Å². The van der Waals surface area contributed by atoms with Crippen LogP contribution >= 0.6 is 0 Å². The standard InChI is InChI=1S/C20H33NO4S/c1-11(2)15-9-16(12(3)4)19(17(10-15)13(5)6)26(24,25)21-18(14(7)8)20(22)23/h9-14,18,21H,1-8H3,(H,22,23). The van der Waals surface area contributed by atoms with E-state index in [2.05, 4.69) is 18.6 Å². The van der Waals surface area contributed by atoms with Crippen molar-refractivity contribution < 1.29 is 18.3 Å². The number of rotatable bonds is 8. The van der Waals surface area contributed by atoms with E-state index in [-0.39, 0.29) is 28.6 Å².